The Morgan fingerprint density at radius 2 is 2.27 bits per heavy atom. The molecular weight excluding hydrogens is 231 g/mol. The first-order valence-corrected chi connectivity index (χ1v) is 4.92. The van der Waals surface area contributed by atoms with Crippen LogP contribution in [0.25, 0.3) is 0 Å². The first kappa shape index (κ1) is 12.0. The molecule has 0 aliphatic rings. The molecule has 0 aliphatic carbocycles. The third-order valence-corrected chi connectivity index (χ3v) is 2.63. The maximum atomic E-state index is 11.7. The minimum atomic E-state index is -4.91. The van der Waals surface area contributed by atoms with Crippen molar-refractivity contribution in [2.45, 2.75) is 19.5 Å². The first-order valence-electron chi connectivity index (χ1n) is 4.04. The number of thiazole rings is 1. The Hall–Kier alpha value is -1.11. The summed E-state index contributed by atoms with van der Waals surface area (Å²) in [5.41, 5.74) is 2.35. The summed E-state index contributed by atoms with van der Waals surface area (Å²) in [5.74, 6) is -2.15. The quantitative estimate of drug-likeness (QED) is 0.758. The van der Waals surface area contributed by atoms with Gasteiger partial charge in [0.1, 0.15) is 0 Å². The highest BCUT2D eigenvalue weighted by Crippen LogP contribution is 2.17. The maximum absolute atomic E-state index is 11.7. The molecule has 0 amide bonds. The van der Waals surface area contributed by atoms with Crippen molar-refractivity contribution in [3.8, 4) is 0 Å². The second-order valence-corrected chi connectivity index (χ2v) is 3.68. The molecule has 0 radical (unpaired) electrons. The van der Waals surface area contributed by atoms with Gasteiger partial charge in [0.05, 0.1) is 17.8 Å². The van der Waals surface area contributed by atoms with Crippen LogP contribution in [-0.4, -0.2) is 23.7 Å². The van der Waals surface area contributed by atoms with Crippen LogP contribution in [0.1, 0.15) is 10.6 Å². The van der Waals surface area contributed by atoms with Crippen LogP contribution in [0.15, 0.2) is 5.51 Å². The summed E-state index contributed by atoms with van der Waals surface area (Å²) in [5, 5.41) is 0. The normalized spacial score (nSPS) is 11.5. The van der Waals surface area contributed by atoms with Crippen molar-refractivity contribution in [3.63, 3.8) is 0 Å². The summed E-state index contributed by atoms with van der Waals surface area (Å²) in [6.45, 7) is 1.47. The topological polar surface area (TPSA) is 39.2 Å². The molecule has 0 aromatic carbocycles. The van der Waals surface area contributed by atoms with E-state index in [0.717, 1.165) is 10.6 Å². The van der Waals surface area contributed by atoms with Crippen LogP contribution >= 0.6 is 11.3 Å². The molecule has 3 nitrogen and oxygen atoms in total. The van der Waals surface area contributed by atoms with Crippen molar-refractivity contribution >= 4 is 17.3 Å². The van der Waals surface area contributed by atoms with Gasteiger partial charge in [-0.1, -0.05) is 0 Å². The van der Waals surface area contributed by atoms with E-state index in [0.29, 0.717) is 0 Å². The Morgan fingerprint density at radius 3 is 2.73 bits per heavy atom. The summed E-state index contributed by atoms with van der Waals surface area (Å²) < 4.78 is 39.2. The average Bonchev–Trinajstić information content (AvgIpc) is 2.50. The standard InChI is InChI=1S/C8H8F3NO2S/c1-5-6(15-4-12-5)2-3-14-7(13)8(9,10)11/h4H,2-3H2,1H3. The van der Waals surface area contributed by atoms with Crippen molar-refractivity contribution in [1.29, 1.82) is 0 Å². The molecule has 7 heteroatoms. The average molecular weight is 239 g/mol. The van der Waals surface area contributed by atoms with E-state index in [-0.39, 0.29) is 13.0 Å². The molecule has 0 bridgehead atoms. The number of carbonyl (C=O) groups excluding carboxylic acids is 1. The minimum Gasteiger partial charge on any atom is -0.459 e. The molecule has 0 saturated heterocycles. The van der Waals surface area contributed by atoms with Gasteiger partial charge in [0.25, 0.3) is 0 Å². The number of hydrogen-bond donors (Lipinski definition) is 0. The Kier molecular flexibility index (Phi) is 3.67. The molecule has 0 unspecified atom stereocenters. The largest absolute Gasteiger partial charge is 0.490 e. The van der Waals surface area contributed by atoms with E-state index in [1.807, 2.05) is 0 Å². The summed E-state index contributed by atoms with van der Waals surface area (Å²) in [4.78, 5) is 15.1. The fourth-order valence-corrected chi connectivity index (χ4v) is 1.65. The predicted octanol–water partition coefficient (Wildman–Crippen LogP) is 2.10. The molecular formula is C8H8F3NO2S. The van der Waals surface area contributed by atoms with Gasteiger partial charge in [-0.3, -0.25) is 0 Å². The maximum Gasteiger partial charge on any atom is 0.490 e. The van der Waals surface area contributed by atoms with E-state index < -0.39 is 12.1 Å². The number of nitrogens with zero attached hydrogens (tertiary/aromatic N) is 1. The fraction of sp³-hybridized carbons (Fsp3) is 0.500. The van der Waals surface area contributed by atoms with Crippen molar-refractivity contribution in [2.75, 3.05) is 6.61 Å². The lowest BCUT2D eigenvalue weighted by Crippen LogP contribution is -2.26. The highest BCUT2D eigenvalue weighted by Gasteiger charge is 2.40. The van der Waals surface area contributed by atoms with Crippen molar-refractivity contribution in [1.82, 2.24) is 4.98 Å². The number of halogens is 3. The number of alkyl halides is 3. The summed E-state index contributed by atoms with van der Waals surface area (Å²) in [7, 11) is 0. The van der Waals surface area contributed by atoms with Gasteiger partial charge in [0.2, 0.25) is 0 Å². The van der Waals surface area contributed by atoms with Gasteiger partial charge in [0.15, 0.2) is 0 Å². The molecule has 1 heterocycles. The van der Waals surface area contributed by atoms with E-state index in [1.165, 1.54) is 11.3 Å². The van der Waals surface area contributed by atoms with Gasteiger partial charge >= 0.3 is 12.1 Å². The first-order chi connectivity index (χ1) is 6.91. The van der Waals surface area contributed by atoms with Crippen LogP contribution in [0.2, 0.25) is 0 Å². The number of aromatic nitrogens is 1. The van der Waals surface area contributed by atoms with Gasteiger partial charge in [-0.25, -0.2) is 9.78 Å². The number of ether oxygens (including phenoxy) is 1. The smallest absolute Gasteiger partial charge is 0.459 e. The van der Waals surface area contributed by atoms with E-state index in [1.54, 1.807) is 12.4 Å². The zero-order valence-corrected chi connectivity index (χ0v) is 8.61. The van der Waals surface area contributed by atoms with E-state index in [2.05, 4.69) is 9.72 Å². The molecule has 0 fully saturated rings. The Bertz CT molecular complexity index is 348. The minimum absolute atomic E-state index is 0.262. The molecule has 1 aromatic rings. The summed E-state index contributed by atoms with van der Waals surface area (Å²) >= 11 is 1.33. The second-order valence-electron chi connectivity index (χ2n) is 2.74. The SMILES string of the molecule is Cc1ncsc1CCOC(=O)C(F)(F)F. The Morgan fingerprint density at radius 1 is 1.60 bits per heavy atom. The van der Waals surface area contributed by atoms with Gasteiger partial charge in [-0.15, -0.1) is 11.3 Å². The van der Waals surface area contributed by atoms with Crippen LogP contribution in [0.5, 0.6) is 0 Å². The third kappa shape index (κ3) is 3.50. The molecule has 0 saturated carbocycles. The molecule has 1 aromatic heterocycles. The third-order valence-electron chi connectivity index (χ3n) is 1.64. The van der Waals surface area contributed by atoms with Gasteiger partial charge in [0, 0.05) is 11.3 Å². The van der Waals surface area contributed by atoms with Crippen LogP contribution < -0.4 is 0 Å². The lowest BCUT2D eigenvalue weighted by atomic mass is 10.3. The highest BCUT2D eigenvalue weighted by molar-refractivity contribution is 7.09. The molecule has 0 atom stereocenters. The van der Waals surface area contributed by atoms with Gasteiger partial charge < -0.3 is 4.74 Å². The molecule has 0 spiro atoms. The molecule has 15 heavy (non-hydrogen) atoms. The zero-order valence-electron chi connectivity index (χ0n) is 7.80. The summed E-state index contributed by atoms with van der Waals surface area (Å²) in [6, 6.07) is 0. The Labute approximate surface area is 87.9 Å². The van der Waals surface area contributed by atoms with Crippen LogP contribution in [-0.2, 0) is 16.0 Å². The van der Waals surface area contributed by atoms with E-state index in [4.69, 9.17) is 0 Å². The monoisotopic (exact) mass is 239 g/mol. The van der Waals surface area contributed by atoms with Gasteiger partial charge in [-0.2, -0.15) is 13.2 Å². The Balaban J connectivity index is 2.35. The number of esters is 1. The number of hydrogen-bond acceptors (Lipinski definition) is 4. The number of rotatable bonds is 3. The van der Waals surface area contributed by atoms with E-state index in [9.17, 15) is 18.0 Å². The van der Waals surface area contributed by atoms with Crippen molar-refractivity contribution < 1.29 is 22.7 Å². The van der Waals surface area contributed by atoms with Crippen molar-refractivity contribution in [3.05, 3.63) is 16.1 Å². The lowest BCUT2D eigenvalue weighted by molar-refractivity contribution is -0.199. The van der Waals surface area contributed by atoms with Crippen LogP contribution in [0.3, 0.4) is 0 Å². The second kappa shape index (κ2) is 4.61. The predicted molar refractivity (Wildman–Crippen MR) is 47.6 cm³/mol. The van der Waals surface area contributed by atoms with Gasteiger partial charge in [-0.05, 0) is 6.92 Å². The molecule has 84 valence electrons. The molecule has 0 N–H and O–H groups in total. The molecule has 0 aliphatic heterocycles. The number of carbonyl (C=O) groups is 1. The van der Waals surface area contributed by atoms with Crippen LogP contribution in [0.4, 0.5) is 13.2 Å². The fourth-order valence-electron chi connectivity index (χ4n) is 0.884. The highest BCUT2D eigenvalue weighted by atomic mass is 32.1. The summed E-state index contributed by atoms with van der Waals surface area (Å²) in [6.07, 6.45) is -4.65. The molecule has 1 rings (SSSR count). The van der Waals surface area contributed by atoms with Crippen LogP contribution in [0, 0.1) is 6.92 Å². The van der Waals surface area contributed by atoms with Crippen molar-refractivity contribution in [2.24, 2.45) is 0 Å². The number of aryl methyl sites for hydroxylation is 1. The lowest BCUT2D eigenvalue weighted by Gasteiger charge is -2.06. The zero-order chi connectivity index (χ0) is 11.5. The van der Waals surface area contributed by atoms with E-state index >= 15 is 0 Å².